The van der Waals surface area contributed by atoms with Gasteiger partial charge in [-0.25, -0.2) is 9.97 Å². The second kappa shape index (κ2) is 7.07. The molecule has 9 heteroatoms. The van der Waals surface area contributed by atoms with Crippen LogP contribution in [0.4, 0.5) is 5.13 Å². The molecule has 2 aliphatic rings. The van der Waals surface area contributed by atoms with Gasteiger partial charge in [0, 0.05) is 36.7 Å². The smallest absolute Gasteiger partial charge is 0.297 e. The van der Waals surface area contributed by atoms with Crippen molar-refractivity contribution in [1.82, 2.24) is 19.7 Å². The van der Waals surface area contributed by atoms with E-state index in [1.54, 1.807) is 30.1 Å². The Morgan fingerprint density at radius 2 is 2.21 bits per heavy atom. The number of ether oxygens (including phenoxy) is 1. The molecular formula is C20H23N5O3S. The van der Waals surface area contributed by atoms with Crippen LogP contribution in [-0.2, 0) is 24.6 Å². The van der Waals surface area contributed by atoms with Crippen molar-refractivity contribution in [3.05, 3.63) is 34.1 Å². The lowest BCUT2D eigenvalue weighted by atomic mass is 10.0. The first-order chi connectivity index (χ1) is 14.0. The first kappa shape index (κ1) is 18.5. The highest BCUT2D eigenvalue weighted by Gasteiger charge is 2.32. The Balaban J connectivity index is 1.54. The second-order valence-electron chi connectivity index (χ2n) is 7.59. The van der Waals surface area contributed by atoms with Crippen LogP contribution in [0.5, 0.6) is 0 Å². The number of rotatable bonds is 4. The quantitative estimate of drug-likeness (QED) is 0.653. The van der Waals surface area contributed by atoms with Gasteiger partial charge in [-0.3, -0.25) is 14.4 Å². The SMILES string of the molecule is Cc1nc(C)c(C(=O)N(C[C@H]2CCCO2)c2nc3c(s2)CCc2c-3cnn2C)o1. The van der Waals surface area contributed by atoms with Gasteiger partial charge < -0.3 is 9.15 Å². The molecule has 1 amide bonds. The molecule has 0 bridgehead atoms. The standard InChI is InChI=1S/C20H23N5O3S/c1-11-18(28-12(2)22-11)19(26)25(10-13-5-4-8-27-13)20-23-17-14-9-21-24(3)15(14)6-7-16(17)29-20/h9,13H,4-8,10H2,1-3H3/t13-/m1/s1. The first-order valence-corrected chi connectivity index (χ1v) is 10.7. The third-order valence-corrected chi connectivity index (χ3v) is 6.71. The predicted octanol–water partition coefficient (Wildman–Crippen LogP) is 3.07. The molecule has 0 spiro atoms. The van der Waals surface area contributed by atoms with Crippen molar-refractivity contribution in [2.75, 3.05) is 18.1 Å². The van der Waals surface area contributed by atoms with E-state index < -0.39 is 0 Å². The molecule has 3 aromatic heterocycles. The van der Waals surface area contributed by atoms with E-state index in [-0.39, 0.29) is 17.8 Å². The fourth-order valence-electron chi connectivity index (χ4n) is 4.12. The van der Waals surface area contributed by atoms with Crippen molar-refractivity contribution in [3.63, 3.8) is 0 Å². The highest BCUT2D eigenvalue weighted by molar-refractivity contribution is 7.16. The van der Waals surface area contributed by atoms with Gasteiger partial charge in [0.1, 0.15) is 0 Å². The third-order valence-electron chi connectivity index (χ3n) is 5.58. The molecule has 0 N–H and O–H groups in total. The van der Waals surface area contributed by atoms with E-state index in [2.05, 4.69) is 10.1 Å². The Hall–Kier alpha value is -2.52. The molecule has 1 aliphatic heterocycles. The maximum absolute atomic E-state index is 13.4. The fourth-order valence-corrected chi connectivity index (χ4v) is 5.20. The summed E-state index contributed by atoms with van der Waals surface area (Å²) in [6, 6.07) is 0. The third kappa shape index (κ3) is 3.18. The zero-order valence-corrected chi connectivity index (χ0v) is 17.6. The average Bonchev–Trinajstić information content (AvgIpc) is 3.46. The molecule has 152 valence electrons. The van der Waals surface area contributed by atoms with Crippen LogP contribution in [0.3, 0.4) is 0 Å². The molecule has 3 aromatic rings. The van der Waals surface area contributed by atoms with Crippen LogP contribution in [-0.4, -0.2) is 44.9 Å². The van der Waals surface area contributed by atoms with E-state index in [0.29, 0.717) is 23.3 Å². The van der Waals surface area contributed by atoms with Crippen LogP contribution in [0.25, 0.3) is 11.3 Å². The number of carbonyl (C=O) groups excluding carboxylic acids is 1. The summed E-state index contributed by atoms with van der Waals surface area (Å²) in [6.07, 6.45) is 5.67. The maximum atomic E-state index is 13.4. The molecule has 8 nitrogen and oxygen atoms in total. The van der Waals surface area contributed by atoms with Crippen LogP contribution in [0.2, 0.25) is 0 Å². The van der Waals surface area contributed by atoms with E-state index in [9.17, 15) is 4.79 Å². The summed E-state index contributed by atoms with van der Waals surface area (Å²) in [4.78, 5) is 25.5. The van der Waals surface area contributed by atoms with Gasteiger partial charge in [0.05, 0.1) is 30.2 Å². The lowest BCUT2D eigenvalue weighted by molar-refractivity contribution is 0.0893. The summed E-state index contributed by atoms with van der Waals surface area (Å²) < 4.78 is 13.3. The molecule has 0 radical (unpaired) electrons. The Morgan fingerprint density at radius 1 is 1.34 bits per heavy atom. The lowest BCUT2D eigenvalue weighted by Gasteiger charge is -2.22. The number of aromatic nitrogens is 4. The number of fused-ring (bicyclic) bond motifs is 3. The summed E-state index contributed by atoms with van der Waals surface area (Å²) in [6.45, 7) is 4.74. The first-order valence-electron chi connectivity index (χ1n) is 9.89. The average molecular weight is 414 g/mol. The second-order valence-corrected chi connectivity index (χ2v) is 8.66. The zero-order chi connectivity index (χ0) is 20.1. The Bertz CT molecular complexity index is 1080. The van der Waals surface area contributed by atoms with Crippen molar-refractivity contribution >= 4 is 22.4 Å². The number of anilines is 1. The zero-order valence-electron chi connectivity index (χ0n) is 16.8. The van der Waals surface area contributed by atoms with E-state index in [1.165, 1.54) is 10.6 Å². The fraction of sp³-hybridized carbons (Fsp3) is 0.500. The minimum absolute atomic E-state index is 0.0122. The molecule has 1 atom stereocenters. The van der Waals surface area contributed by atoms with Crippen molar-refractivity contribution in [1.29, 1.82) is 0 Å². The van der Waals surface area contributed by atoms with Crippen LogP contribution in [0.15, 0.2) is 10.6 Å². The number of aryl methyl sites for hydroxylation is 4. The van der Waals surface area contributed by atoms with Gasteiger partial charge in [-0.05, 0) is 32.6 Å². The number of thiazole rings is 1. The lowest BCUT2D eigenvalue weighted by Crippen LogP contribution is -2.37. The summed E-state index contributed by atoms with van der Waals surface area (Å²) in [5.41, 5.74) is 3.79. The Kier molecular flexibility index (Phi) is 4.51. The molecule has 0 aromatic carbocycles. The number of nitrogens with zero attached hydrogens (tertiary/aromatic N) is 5. The molecule has 1 aliphatic carbocycles. The summed E-state index contributed by atoms with van der Waals surface area (Å²) in [7, 11) is 1.96. The number of amides is 1. The van der Waals surface area contributed by atoms with E-state index in [4.69, 9.17) is 14.1 Å². The number of hydrogen-bond donors (Lipinski definition) is 0. The van der Waals surface area contributed by atoms with Gasteiger partial charge in [-0.1, -0.05) is 0 Å². The number of oxazole rings is 1. The molecule has 4 heterocycles. The highest BCUT2D eigenvalue weighted by Crippen LogP contribution is 2.39. The maximum Gasteiger partial charge on any atom is 0.297 e. The van der Waals surface area contributed by atoms with Crippen molar-refractivity contribution in [2.24, 2.45) is 7.05 Å². The van der Waals surface area contributed by atoms with Gasteiger partial charge in [0.2, 0.25) is 5.76 Å². The molecule has 1 saturated heterocycles. The minimum Gasteiger partial charge on any atom is -0.436 e. The number of hydrogen-bond acceptors (Lipinski definition) is 7. The minimum atomic E-state index is -0.212. The molecule has 1 fully saturated rings. The monoisotopic (exact) mass is 413 g/mol. The van der Waals surface area contributed by atoms with Crippen molar-refractivity contribution in [2.45, 2.75) is 45.6 Å². The molecule has 29 heavy (non-hydrogen) atoms. The van der Waals surface area contributed by atoms with Crippen LogP contribution < -0.4 is 4.90 Å². The van der Waals surface area contributed by atoms with Gasteiger partial charge in [0.25, 0.3) is 5.91 Å². The molecular weight excluding hydrogens is 390 g/mol. The number of carbonyl (C=O) groups is 1. The molecule has 0 unspecified atom stereocenters. The van der Waals surface area contributed by atoms with E-state index in [1.807, 2.05) is 17.9 Å². The van der Waals surface area contributed by atoms with Gasteiger partial charge >= 0.3 is 0 Å². The predicted molar refractivity (Wildman–Crippen MR) is 108 cm³/mol. The van der Waals surface area contributed by atoms with Gasteiger partial charge in [-0.2, -0.15) is 5.10 Å². The van der Waals surface area contributed by atoms with Crippen molar-refractivity contribution < 1.29 is 13.9 Å². The van der Waals surface area contributed by atoms with E-state index in [0.717, 1.165) is 43.5 Å². The summed E-state index contributed by atoms with van der Waals surface area (Å²) in [5, 5.41) is 5.07. The van der Waals surface area contributed by atoms with Crippen LogP contribution in [0.1, 0.15) is 45.6 Å². The van der Waals surface area contributed by atoms with Crippen LogP contribution in [0, 0.1) is 13.8 Å². The van der Waals surface area contributed by atoms with Gasteiger partial charge in [-0.15, -0.1) is 11.3 Å². The Labute approximate surface area is 172 Å². The van der Waals surface area contributed by atoms with E-state index >= 15 is 0 Å². The highest BCUT2D eigenvalue weighted by atomic mass is 32.1. The summed E-state index contributed by atoms with van der Waals surface area (Å²) >= 11 is 1.57. The topological polar surface area (TPSA) is 86.3 Å². The largest absolute Gasteiger partial charge is 0.436 e. The molecule has 0 saturated carbocycles. The Morgan fingerprint density at radius 3 is 2.93 bits per heavy atom. The normalized spacial score (nSPS) is 18.0. The van der Waals surface area contributed by atoms with Gasteiger partial charge in [0.15, 0.2) is 11.0 Å². The van der Waals surface area contributed by atoms with Crippen molar-refractivity contribution in [3.8, 4) is 11.3 Å². The molecule has 5 rings (SSSR count). The van der Waals surface area contributed by atoms with Crippen LogP contribution >= 0.6 is 11.3 Å². The summed E-state index contributed by atoms with van der Waals surface area (Å²) in [5.74, 6) is 0.549.